The van der Waals surface area contributed by atoms with Crippen LogP contribution in [0.2, 0.25) is 5.02 Å². The molecule has 3 N–H and O–H groups in total. The molecule has 5 aromatic rings. The molecule has 61 heavy (non-hydrogen) atoms. The van der Waals surface area contributed by atoms with Gasteiger partial charge in [-0.2, -0.15) is 10.1 Å². The van der Waals surface area contributed by atoms with E-state index in [4.69, 9.17) is 26.4 Å². The fraction of sp³-hybridized carbons (Fsp3) is 0.476. The second-order valence-corrected chi connectivity index (χ2v) is 17.3. The second kappa shape index (κ2) is 15.3. The highest BCUT2D eigenvalue weighted by molar-refractivity contribution is 6.33. The highest BCUT2D eigenvalue weighted by atomic mass is 35.5. The summed E-state index contributed by atoms with van der Waals surface area (Å²) in [7, 11) is 3.50. The van der Waals surface area contributed by atoms with Crippen molar-refractivity contribution >= 4 is 80.0 Å². The third-order valence-corrected chi connectivity index (χ3v) is 13.1. The van der Waals surface area contributed by atoms with E-state index in [9.17, 15) is 14.4 Å². The summed E-state index contributed by atoms with van der Waals surface area (Å²) in [5.74, 6) is -1.61. The molecule has 7 heterocycles. The number of carbonyl (C=O) groups is 2. The van der Waals surface area contributed by atoms with Crippen molar-refractivity contribution in [3.8, 4) is 5.75 Å². The number of urea groups is 1. The van der Waals surface area contributed by atoms with Crippen LogP contribution in [0, 0.1) is 11.8 Å². The van der Waals surface area contributed by atoms with Crippen LogP contribution in [0.25, 0.3) is 21.8 Å². The van der Waals surface area contributed by atoms with E-state index in [-0.39, 0.29) is 29.7 Å². The first-order valence-corrected chi connectivity index (χ1v) is 21.3. The van der Waals surface area contributed by atoms with Gasteiger partial charge in [-0.05, 0) is 67.9 Å². The number of nitrogens with one attached hydrogen (secondary N) is 3. The summed E-state index contributed by atoms with van der Waals surface area (Å²) in [5.41, 5.74) is 3.06. The Labute approximate surface area is 354 Å². The number of nitrogens with zero attached hydrogens (tertiary/aromatic N) is 9. The Hall–Kier alpha value is -5.75. The number of alkyl halides is 2. The zero-order valence-electron chi connectivity index (χ0n) is 34.0. The lowest BCUT2D eigenvalue weighted by Gasteiger charge is -2.39. The van der Waals surface area contributed by atoms with Crippen molar-refractivity contribution in [2.24, 2.45) is 25.9 Å². The Balaban J connectivity index is 0.777. The number of aromatic nitrogens is 5. The number of piperidine rings is 1. The maximum Gasteiger partial charge on any atom is 0.329 e. The minimum atomic E-state index is -3.13. The molecule has 4 fully saturated rings. The molecule has 0 bridgehead atoms. The largest absolute Gasteiger partial charge is 0.480 e. The van der Waals surface area contributed by atoms with Crippen molar-refractivity contribution in [1.29, 1.82) is 0 Å². The normalized spacial score (nSPS) is 21.3. The number of aryl methyl sites for hydroxylation is 2. The van der Waals surface area contributed by atoms with Gasteiger partial charge in [-0.1, -0.05) is 17.7 Å². The van der Waals surface area contributed by atoms with Crippen LogP contribution >= 0.6 is 11.6 Å². The lowest BCUT2D eigenvalue weighted by Crippen LogP contribution is -2.49. The van der Waals surface area contributed by atoms with Gasteiger partial charge in [-0.25, -0.2) is 18.6 Å². The van der Waals surface area contributed by atoms with Crippen LogP contribution < -0.4 is 40.9 Å². The Morgan fingerprint density at radius 3 is 2.49 bits per heavy atom. The zero-order valence-corrected chi connectivity index (χ0v) is 34.7. The Kier molecular flexibility index (Phi) is 9.88. The van der Waals surface area contributed by atoms with E-state index in [2.05, 4.69) is 41.7 Å². The standard InChI is InChI=1S/C42H47ClF2N12O4/c1-52-30-9-8-26(20-28(30)33-35(39(52)59)61-23-42(44,45)36(49-33)25-6-7-25)47-37-29(43)21-46-40(50-37)56-18-16-54(17-19-56)22-24-10-13-55(14-11-24)31-5-3-4-27-34(31)53(2)51-38(27)57-15-12-32(58)48-41(57)60/h3-5,8-9,20-21,24-25,36,49H,6-7,10-19,22-23H2,1-2H3,(H,46,47,50)(H,48,58,60). The third-order valence-electron chi connectivity index (χ3n) is 12.9. The second-order valence-electron chi connectivity index (χ2n) is 16.9. The highest BCUT2D eigenvalue weighted by Gasteiger charge is 2.51. The van der Waals surface area contributed by atoms with Gasteiger partial charge in [0, 0.05) is 89.3 Å². The van der Waals surface area contributed by atoms with Crippen molar-refractivity contribution in [3.05, 3.63) is 58.0 Å². The summed E-state index contributed by atoms with van der Waals surface area (Å²) in [6, 6.07) is 9.92. The van der Waals surface area contributed by atoms with E-state index in [0.717, 1.165) is 75.2 Å². The predicted octanol–water partition coefficient (Wildman–Crippen LogP) is 5.32. The topological polar surface area (TPSA) is 158 Å². The lowest BCUT2D eigenvalue weighted by molar-refractivity contribution is -0.120. The van der Waals surface area contributed by atoms with Gasteiger partial charge in [-0.15, -0.1) is 0 Å². The average molecular weight is 857 g/mol. The van der Waals surface area contributed by atoms with E-state index in [0.29, 0.717) is 64.5 Å². The van der Waals surface area contributed by atoms with Crippen LogP contribution in [0.4, 0.5) is 48.2 Å². The monoisotopic (exact) mass is 856 g/mol. The van der Waals surface area contributed by atoms with E-state index < -0.39 is 30.2 Å². The molecule has 5 aliphatic rings. The van der Waals surface area contributed by atoms with Crippen molar-refractivity contribution in [2.75, 3.05) is 84.3 Å². The van der Waals surface area contributed by atoms with Gasteiger partial charge in [0.1, 0.15) is 5.02 Å². The van der Waals surface area contributed by atoms with Crippen LogP contribution in [0.5, 0.6) is 5.75 Å². The number of benzene rings is 2. The molecule has 320 valence electrons. The molecule has 4 aliphatic heterocycles. The summed E-state index contributed by atoms with van der Waals surface area (Å²) < 4.78 is 39.1. The van der Waals surface area contributed by atoms with Gasteiger partial charge in [0.05, 0.1) is 34.6 Å². The van der Waals surface area contributed by atoms with Crippen molar-refractivity contribution in [1.82, 2.24) is 34.5 Å². The van der Waals surface area contributed by atoms with Crippen molar-refractivity contribution < 1.29 is 23.1 Å². The first-order chi connectivity index (χ1) is 29.4. The van der Waals surface area contributed by atoms with E-state index >= 15 is 8.78 Å². The summed E-state index contributed by atoms with van der Waals surface area (Å²) >= 11 is 6.63. The quantitative estimate of drug-likeness (QED) is 0.185. The van der Waals surface area contributed by atoms with E-state index in [1.807, 2.05) is 23.9 Å². The van der Waals surface area contributed by atoms with E-state index in [1.54, 1.807) is 36.3 Å². The van der Waals surface area contributed by atoms with Gasteiger partial charge in [0.25, 0.3) is 5.56 Å². The number of para-hydroxylation sites is 1. The fourth-order valence-corrected chi connectivity index (χ4v) is 9.53. The summed E-state index contributed by atoms with van der Waals surface area (Å²) in [5, 5.41) is 15.3. The number of rotatable bonds is 8. The molecular weight excluding hydrogens is 810 g/mol. The number of fused-ring (bicyclic) bond motifs is 4. The molecule has 2 aromatic carbocycles. The number of anilines is 6. The van der Waals surface area contributed by atoms with Crippen LogP contribution in [0.3, 0.4) is 0 Å². The lowest BCUT2D eigenvalue weighted by atomic mass is 9.95. The first-order valence-electron chi connectivity index (χ1n) is 20.9. The summed E-state index contributed by atoms with van der Waals surface area (Å²) in [4.78, 5) is 55.7. The molecule has 19 heteroatoms. The van der Waals surface area contributed by atoms with Gasteiger partial charge in [0.2, 0.25) is 17.6 Å². The molecule has 3 saturated heterocycles. The molecule has 1 unspecified atom stereocenters. The number of ether oxygens (including phenoxy) is 1. The number of piperazine rings is 1. The molecule has 10 rings (SSSR count). The number of carbonyl (C=O) groups excluding carboxylic acids is 2. The maximum atomic E-state index is 15.2. The van der Waals surface area contributed by atoms with Gasteiger partial charge in [0.15, 0.2) is 18.2 Å². The van der Waals surface area contributed by atoms with Crippen LogP contribution in [0.1, 0.15) is 32.1 Å². The summed E-state index contributed by atoms with van der Waals surface area (Å²) in [6.45, 7) is 5.52. The number of hydrogen-bond donors (Lipinski definition) is 3. The Bertz CT molecular complexity index is 2620. The fourth-order valence-electron chi connectivity index (χ4n) is 9.39. The van der Waals surface area contributed by atoms with Crippen molar-refractivity contribution in [2.45, 2.75) is 44.1 Å². The van der Waals surface area contributed by atoms with Gasteiger partial charge >= 0.3 is 12.0 Å². The molecule has 16 nitrogen and oxygen atoms in total. The Morgan fingerprint density at radius 2 is 1.74 bits per heavy atom. The number of imide groups is 1. The van der Waals surface area contributed by atoms with Crippen molar-refractivity contribution in [3.63, 3.8) is 0 Å². The predicted molar refractivity (Wildman–Crippen MR) is 230 cm³/mol. The first kappa shape index (κ1) is 39.4. The molecule has 1 aliphatic carbocycles. The van der Waals surface area contributed by atoms with Gasteiger partial charge < -0.3 is 29.7 Å². The number of halogens is 3. The molecular formula is C42H47ClF2N12O4. The number of pyridine rings is 1. The van der Waals surface area contributed by atoms with Crippen LogP contribution in [0.15, 0.2) is 47.4 Å². The number of amides is 3. The SMILES string of the molecule is Cn1nc(N2CCC(=O)NC2=O)c2cccc(N3CCC(CN4CCN(c5ncc(Cl)c(Nc6ccc7c(c6)c6c(c(=O)n7C)OCC(F)(F)C(C7CC7)N6)n5)CC4)CC3)c21. The smallest absolute Gasteiger partial charge is 0.329 e. The summed E-state index contributed by atoms with van der Waals surface area (Å²) in [6.07, 6.45) is 5.33. The minimum absolute atomic E-state index is 0.109. The number of hydrogen-bond acceptors (Lipinski definition) is 12. The highest BCUT2D eigenvalue weighted by Crippen LogP contribution is 2.46. The third kappa shape index (κ3) is 7.32. The molecule has 3 aromatic heterocycles. The molecule has 1 saturated carbocycles. The minimum Gasteiger partial charge on any atom is -0.480 e. The van der Waals surface area contributed by atoms with Gasteiger partial charge in [-0.3, -0.25) is 29.4 Å². The Morgan fingerprint density at radius 1 is 0.951 bits per heavy atom. The van der Waals surface area contributed by atoms with Crippen LogP contribution in [-0.4, -0.2) is 112 Å². The zero-order chi connectivity index (χ0) is 42.2. The molecule has 0 spiro atoms. The average Bonchev–Trinajstić information content (AvgIpc) is 4.05. The molecule has 3 amide bonds. The van der Waals surface area contributed by atoms with E-state index in [1.165, 1.54) is 4.57 Å². The molecule has 0 radical (unpaired) electrons. The molecule has 1 atom stereocenters. The van der Waals surface area contributed by atoms with Crippen LogP contribution in [-0.2, 0) is 18.9 Å². The maximum absolute atomic E-state index is 15.2.